The van der Waals surface area contributed by atoms with Gasteiger partial charge in [0.15, 0.2) is 17.6 Å². The second-order valence-electron chi connectivity index (χ2n) is 5.36. The number of amides is 2. The smallest absolute Gasteiger partial charge is 0.317 e. The molecule has 2 heterocycles. The molecule has 0 saturated heterocycles. The minimum absolute atomic E-state index is 0.168. The Hall–Kier alpha value is -2.76. The standard InChI is InChI=1S/C17H19N3O3/c1-20(17(21)19-10-13-6-4-5-9-18-13)11-14-12-22-15-7-2-3-8-16(15)23-14/h2-9,14H,10-12H2,1H3,(H,19,21). The molecule has 0 spiro atoms. The summed E-state index contributed by atoms with van der Waals surface area (Å²) < 4.78 is 11.5. The van der Waals surface area contributed by atoms with Crippen molar-refractivity contribution >= 4 is 6.03 Å². The first-order valence-corrected chi connectivity index (χ1v) is 7.50. The summed E-state index contributed by atoms with van der Waals surface area (Å²) in [5, 5.41) is 2.84. The molecule has 0 aliphatic carbocycles. The second-order valence-corrected chi connectivity index (χ2v) is 5.36. The Morgan fingerprint density at radius 3 is 2.83 bits per heavy atom. The molecule has 1 N–H and O–H groups in total. The lowest BCUT2D eigenvalue weighted by atomic mass is 10.2. The Morgan fingerprint density at radius 2 is 2.04 bits per heavy atom. The molecule has 1 aliphatic rings. The lowest BCUT2D eigenvalue weighted by Gasteiger charge is -2.29. The van der Waals surface area contributed by atoms with Gasteiger partial charge in [-0.3, -0.25) is 4.98 Å². The molecule has 3 rings (SSSR count). The van der Waals surface area contributed by atoms with Crippen LogP contribution in [0.2, 0.25) is 0 Å². The molecule has 6 nitrogen and oxygen atoms in total. The summed E-state index contributed by atoms with van der Waals surface area (Å²) in [4.78, 5) is 17.9. The molecular formula is C17H19N3O3. The van der Waals surface area contributed by atoms with Gasteiger partial charge in [-0.15, -0.1) is 0 Å². The molecule has 2 amide bonds. The van der Waals surface area contributed by atoms with E-state index in [0.29, 0.717) is 25.4 Å². The van der Waals surface area contributed by atoms with Crippen LogP contribution in [0.25, 0.3) is 0 Å². The van der Waals surface area contributed by atoms with Crippen LogP contribution in [0, 0.1) is 0 Å². The quantitative estimate of drug-likeness (QED) is 0.938. The molecule has 0 bridgehead atoms. The van der Waals surface area contributed by atoms with Crippen LogP contribution < -0.4 is 14.8 Å². The van der Waals surface area contributed by atoms with Gasteiger partial charge in [0.05, 0.1) is 18.8 Å². The zero-order chi connectivity index (χ0) is 16.1. The van der Waals surface area contributed by atoms with Gasteiger partial charge in [-0.1, -0.05) is 18.2 Å². The fourth-order valence-electron chi connectivity index (χ4n) is 2.35. The van der Waals surface area contributed by atoms with E-state index in [2.05, 4.69) is 10.3 Å². The van der Waals surface area contributed by atoms with E-state index in [1.54, 1.807) is 18.1 Å². The Bertz CT molecular complexity index is 663. The highest BCUT2D eigenvalue weighted by atomic mass is 16.6. The van der Waals surface area contributed by atoms with Gasteiger partial charge < -0.3 is 19.7 Å². The normalized spacial score (nSPS) is 15.8. The number of carbonyl (C=O) groups is 1. The Kier molecular flexibility index (Phi) is 4.61. The maximum Gasteiger partial charge on any atom is 0.317 e. The molecule has 2 aromatic rings. The Balaban J connectivity index is 1.49. The molecule has 1 unspecified atom stereocenters. The van der Waals surface area contributed by atoms with Gasteiger partial charge in [0.1, 0.15) is 6.61 Å². The van der Waals surface area contributed by atoms with Crippen LogP contribution >= 0.6 is 0 Å². The average molecular weight is 313 g/mol. The highest BCUT2D eigenvalue weighted by Gasteiger charge is 2.23. The molecule has 6 heteroatoms. The highest BCUT2D eigenvalue weighted by molar-refractivity contribution is 5.73. The van der Waals surface area contributed by atoms with Gasteiger partial charge in [-0.05, 0) is 24.3 Å². The number of carbonyl (C=O) groups excluding carboxylic acids is 1. The number of hydrogen-bond acceptors (Lipinski definition) is 4. The number of benzene rings is 1. The molecule has 0 fully saturated rings. The number of para-hydroxylation sites is 2. The third-order valence-corrected chi connectivity index (χ3v) is 3.54. The Morgan fingerprint density at radius 1 is 1.26 bits per heavy atom. The van der Waals surface area contributed by atoms with Crippen molar-refractivity contribution in [3.8, 4) is 11.5 Å². The van der Waals surface area contributed by atoms with Gasteiger partial charge in [0.25, 0.3) is 0 Å². The second kappa shape index (κ2) is 7.00. The fraction of sp³-hybridized carbons (Fsp3) is 0.294. The SMILES string of the molecule is CN(CC1COc2ccccc2O1)C(=O)NCc1ccccn1. The van der Waals surface area contributed by atoms with Gasteiger partial charge in [-0.2, -0.15) is 0 Å². The van der Waals surface area contributed by atoms with Crippen molar-refractivity contribution in [2.75, 3.05) is 20.2 Å². The summed E-state index contributed by atoms with van der Waals surface area (Å²) in [5.74, 6) is 1.46. The van der Waals surface area contributed by atoms with E-state index in [0.717, 1.165) is 11.4 Å². The van der Waals surface area contributed by atoms with E-state index in [4.69, 9.17) is 9.47 Å². The maximum absolute atomic E-state index is 12.1. The average Bonchev–Trinajstić information content (AvgIpc) is 2.60. The number of nitrogens with one attached hydrogen (secondary N) is 1. The predicted octanol–water partition coefficient (Wildman–Crippen LogP) is 2.06. The van der Waals surface area contributed by atoms with Crippen molar-refractivity contribution in [2.45, 2.75) is 12.6 Å². The molecule has 23 heavy (non-hydrogen) atoms. The van der Waals surface area contributed by atoms with Crippen molar-refractivity contribution in [1.29, 1.82) is 0 Å². The highest BCUT2D eigenvalue weighted by Crippen LogP contribution is 2.30. The van der Waals surface area contributed by atoms with E-state index in [9.17, 15) is 4.79 Å². The van der Waals surface area contributed by atoms with Crippen LogP contribution in [-0.2, 0) is 6.54 Å². The van der Waals surface area contributed by atoms with Crippen LogP contribution in [-0.4, -0.2) is 42.2 Å². The largest absolute Gasteiger partial charge is 0.486 e. The van der Waals surface area contributed by atoms with Gasteiger partial charge in [0, 0.05) is 13.2 Å². The van der Waals surface area contributed by atoms with Crippen molar-refractivity contribution < 1.29 is 14.3 Å². The molecule has 0 saturated carbocycles. The van der Waals surface area contributed by atoms with E-state index >= 15 is 0 Å². The van der Waals surface area contributed by atoms with Crippen molar-refractivity contribution in [1.82, 2.24) is 15.2 Å². The Labute approximate surface area is 135 Å². The number of ether oxygens (including phenoxy) is 2. The van der Waals surface area contributed by atoms with Crippen LogP contribution in [0.15, 0.2) is 48.7 Å². The summed E-state index contributed by atoms with van der Waals surface area (Å²) in [7, 11) is 1.73. The van der Waals surface area contributed by atoms with E-state index in [1.165, 1.54) is 0 Å². The fourth-order valence-corrected chi connectivity index (χ4v) is 2.35. The van der Waals surface area contributed by atoms with Crippen LogP contribution in [0.4, 0.5) is 4.79 Å². The van der Waals surface area contributed by atoms with Gasteiger partial charge in [-0.25, -0.2) is 4.79 Å². The molecule has 120 valence electrons. The van der Waals surface area contributed by atoms with Crippen LogP contribution in [0.3, 0.4) is 0 Å². The molecule has 1 atom stereocenters. The zero-order valence-corrected chi connectivity index (χ0v) is 12.9. The first-order valence-electron chi connectivity index (χ1n) is 7.50. The van der Waals surface area contributed by atoms with Gasteiger partial charge in [0.2, 0.25) is 0 Å². The topological polar surface area (TPSA) is 63.7 Å². The van der Waals surface area contributed by atoms with Gasteiger partial charge >= 0.3 is 6.03 Å². The number of rotatable bonds is 4. The lowest BCUT2D eigenvalue weighted by Crippen LogP contribution is -2.45. The summed E-state index contributed by atoms with van der Waals surface area (Å²) >= 11 is 0. The molecule has 1 aromatic heterocycles. The first kappa shape index (κ1) is 15.1. The number of nitrogens with zero attached hydrogens (tertiary/aromatic N) is 2. The molecule has 0 radical (unpaired) electrons. The molecular weight excluding hydrogens is 294 g/mol. The summed E-state index contributed by atoms with van der Waals surface area (Å²) in [6.45, 7) is 1.27. The summed E-state index contributed by atoms with van der Waals surface area (Å²) in [6, 6.07) is 13.0. The van der Waals surface area contributed by atoms with Crippen molar-refractivity contribution in [3.05, 3.63) is 54.4 Å². The molecule has 1 aromatic carbocycles. The number of pyridine rings is 1. The van der Waals surface area contributed by atoms with Crippen molar-refractivity contribution in [2.24, 2.45) is 0 Å². The summed E-state index contributed by atoms with van der Waals surface area (Å²) in [6.07, 6.45) is 1.52. The first-order chi connectivity index (χ1) is 11.2. The maximum atomic E-state index is 12.1. The zero-order valence-electron chi connectivity index (χ0n) is 12.9. The van der Waals surface area contributed by atoms with Crippen molar-refractivity contribution in [3.63, 3.8) is 0 Å². The molecule has 1 aliphatic heterocycles. The minimum Gasteiger partial charge on any atom is -0.486 e. The number of urea groups is 1. The monoisotopic (exact) mass is 313 g/mol. The third-order valence-electron chi connectivity index (χ3n) is 3.54. The van der Waals surface area contributed by atoms with Crippen LogP contribution in [0.1, 0.15) is 5.69 Å². The third kappa shape index (κ3) is 3.91. The van der Waals surface area contributed by atoms with E-state index < -0.39 is 0 Å². The lowest BCUT2D eigenvalue weighted by molar-refractivity contribution is 0.0715. The van der Waals surface area contributed by atoms with E-state index in [1.807, 2.05) is 42.5 Å². The number of aromatic nitrogens is 1. The number of fused-ring (bicyclic) bond motifs is 1. The summed E-state index contributed by atoms with van der Waals surface area (Å²) in [5.41, 5.74) is 0.820. The van der Waals surface area contributed by atoms with Crippen LogP contribution in [0.5, 0.6) is 11.5 Å². The van der Waals surface area contributed by atoms with E-state index in [-0.39, 0.29) is 12.1 Å². The predicted molar refractivity (Wildman–Crippen MR) is 85.5 cm³/mol. The minimum atomic E-state index is -0.185. The number of likely N-dealkylation sites (N-methyl/N-ethyl adjacent to an activating group) is 1. The number of hydrogen-bond donors (Lipinski definition) is 1.